The predicted molar refractivity (Wildman–Crippen MR) is 78.5 cm³/mol. The van der Waals surface area contributed by atoms with Gasteiger partial charge < -0.3 is 4.74 Å². The third-order valence-electron chi connectivity index (χ3n) is 2.89. The van der Waals surface area contributed by atoms with E-state index in [1.54, 1.807) is 20.8 Å². The second kappa shape index (κ2) is 6.55. The smallest absolute Gasteiger partial charge is 0.416 e. The number of carbonyl (C=O) groups is 2. The lowest BCUT2D eigenvalue weighted by molar-refractivity contribution is -0.129. The predicted octanol–water partition coefficient (Wildman–Crippen LogP) is 3.57. The lowest BCUT2D eigenvalue weighted by Crippen LogP contribution is -2.38. The fourth-order valence-electron chi connectivity index (χ4n) is 1.73. The van der Waals surface area contributed by atoms with Crippen molar-refractivity contribution in [1.82, 2.24) is 4.90 Å². The molecule has 4 nitrogen and oxygen atoms in total. The summed E-state index contributed by atoms with van der Waals surface area (Å²) >= 11 is 0. The summed E-state index contributed by atoms with van der Waals surface area (Å²) in [6.45, 7) is 7.29. The maximum atomic E-state index is 12.1. The topological polar surface area (TPSA) is 46.6 Å². The molecule has 2 amide bonds. The third kappa shape index (κ3) is 5.03. The van der Waals surface area contributed by atoms with Gasteiger partial charge in [0.2, 0.25) is 5.91 Å². The molecule has 110 valence electrons. The van der Waals surface area contributed by atoms with Gasteiger partial charge >= 0.3 is 6.09 Å². The maximum absolute atomic E-state index is 12.1. The Morgan fingerprint density at radius 1 is 1.20 bits per heavy atom. The number of amides is 2. The van der Waals surface area contributed by atoms with Crippen LogP contribution in [0.15, 0.2) is 30.3 Å². The largest absolute Gasteiger partial charge is 0.443 e. The monoisotopic (exact) mass is 277 g/mol. The quantitative estimate of drug-likeness (QED) is 0.848. The van der Waals surface area contributed by atoms with Crippen molar-refractivity contribution in [2.45, 2.75) is 45.6 Å². The number of hydrogen-bond donors (Lipinski definition) is 0. The summed E-state index contributed by atoms with van der Waals surface area (Å²) in [5, 5.41) is 0. The highest BCUT2D eigenvalue weighted by atomic mass is 16.6. The van der Waals surface area contributed by atoms with Crippen LogP contribution in [0, 0.1) is 0 Å². The molecule has 0 aliphatic heterocycles. The van der Waals surface area contributed by atoms with Crippen LogP contribution in [0.5, 0.6) is 0 Å². The number of carbonyl (C=O) groups excluding carboxylic acids is 2. The molecule has 1 atom stereocenters. The van der Waals surface area contributed by atoms with Crippen molar-refractivity contribution in [2.24, 2.45) is 0 Å². The average molecular weight is 277 g/mol. The summed E-state index contributed by atoms with van der Waals surface area (Å²) in [5.41, 5.74) is 0.481. The first-order valence-corrected chi connectivity index (χ1v) is 6.75. The molecule has 1 aromatic rings. The average Bonchev–Trinajstić information content (AvgIpc) is 2.36. The van der Waals surface area contributed by atoms with Gasteiger partial charge in [-0.25, -0.2) is 4.79 Å². The van der Waals surface area contributed by atoms with Crippen LogP contribution in [0.4, 0.5) is 4.79 Å². The van der Waals surface area contributed by atoms with Crippen LogP contribution in [0.1, 0.15) is 45.6 Å². The Bertz CT molecular complexity index is 462. The van der Waals surface area contributed by atoms with E-state index in [9.17, 15) is 9.59 Å². The Morgan fingerprint density at radius 2 is 1.75 bits per heavy atom. The number of benzene rings is 1. The standard InChI is InChI=1S/C16H23NO3/c1-12(13-9-7-6-8-10-13)11-14(18)17(5)15(19)20-16(2,3)4/h6-10,12H,11H2,1-5H3/t12-/m1/s1. The summed E-state index contributed by atoms with van der Waals surface area (Å²) in [5.74, 6) is -0.177. The highest BCUT2D eigenvalue weighted by molar-refractivity contribution is 5.92. The molecule has 1 aromatic carbocycles. The highest BCUT2D eigenvalue weighted by Gasteiger charge is 2.25. The molecule has 0 saturated carbocycles. The molecule has 0 N–H and O–H groups in total. The summed E-state index contributed by atoms with van der Waals surface area (Å²) in [6, 6.07) is 9.77. The first-order valence-electron chi connectivity index (χ1n) is 6.75. The van der Waals surface area contributed by atoms with E-state index in [2.05, 4.69) is 0 Å². The number of hydrogen-bond acceptors (Lipinski definition) is 3. The van der Waals surface area contributed by atoms with Gasteiger partial charge in [0.05, 0.1) is 0 Å². The fourth-order valence-corrected chi connectivity index (χ4v) is 1.73. The molecule has 0 spiro atoms. The summed E-state index contributed by atoms with van der Waals surface area (Å²) in [7, 11) is 1.45. The van der Waals surface area contributed by atoms with Gasteiger partial charge in [-0.2, -0.15) is 0 Å². The minimum absolute atomic E-state index is 0.0635. The molecule has 1 rings (SSSR count). The van der Waals surface area contributed by atoms with Gasteiger partial charge in [-0.15, -0.1) is 0 Å². The molecule has 0 heterocycles. The summed E-state index contributed by atoms with van der Waals surface area (Å²) in [6.07, 6.45) is -0.331. The van der Waals surface area contributed by atoms with Crippen molar-refractivity contribution in [3.05, 3.63) is 35.9 Å². The zero-order chi connectivity index (χ0) is 15.3. The molecule has 0 unspecified atom stereocenters. The Hall–Kier alpha value is -1.84. The van der Waals surface area contributed by atoms with Crippen LogP contribution in [-0.2, 0) is 9.53 Å². The number of imide groups is 1. The molecule has 20 heavy (non-hydrogen) atoms. The molecular formula is C16H23NO3. The Labute approximate surface area is 120 Å². The first-order chi connectivity index (χ1) is 9.20. The Kier molecular flexibility index (Phi) is 5.31. The van der Waals surface area contributed by atoms with E-state index in [-0.39, 0.29) is 18.2 Å². The van der Waals surface area contributed by atoms with E-state index in [0.29, 0.717) is 0 Å². The van der Waals surface area contributed by atoms with E-state index < -0.39 is 11.7 Å². The second-order valence-electron chi connectivity index (χ2n) is 5.95. The fraction of sp³-hybridized carbons (Fsp3) is 0.500. The van der Waals surface area contributed by atoms with Gasteiger partial charge in [0.1, 0.15) is 5.60 Å². The van der Waals surface area contributed by atoms with Crippen molar-refractivity contribution < 1.29 is 14.3 Å². The molecule has 0 aromatic heterocycles. The lowest BCUT2D eigenvalue weighted by Gasteiger charge is -2.24. The maximum Gasteiger partial charge on any atom is 0.416 e. The zero-order valence-electron chi connectivity index (χ0n) is 12.8. The van der Waals surface area contributed by atoms with Crippen molar-refractivity contribution in [2.75, 3.05) is 7.05 Å². The van der Waals surface area contributed by atoms with Crippen molar-refractivity contribution in [3.8, 4) is 0 Å². The second-order valence-corrected chi connectivity index (χ2v) is 5.95. The van der Waals surface area contributed by atoms with Crippen molar-refractivity contribution in [3.63, 3.8) is 0 Å². The van der Waals surface area contributed by atoms with E-state index >= 15 is 0 Å². The van der Waals surface area contributed by atoms with Crippen molar-refractivity contribution in [1.29, 1.82) is 0 Å². The van der Waals surface area contributed by atoms with E-state index in [4.69, 9.17) is 4.74 Å². The molecule has 0 bridgehead atoms. The van der Waals surface area contributed by atoms with Crippen LogP contribution < -0.4 is 0 Å². The summed E-state index contributed by atoms with van der Waals surface area (Å²) in [4.78, 5) is 24.9. The number of nitrogens with zero attached hydrogens (tertiary/aromatic N) is 1. The zero-order valence-corrected chi connectivity index (χ0v) is 12.8. The van der Waals surface area contributed by atoms with Crippen LogP contribution in [0.25, 0.3) is 0 Å². The molecule has 0 aliphatic carbocycles. The van der Waals surface area contributed by atoms with E-state index in [0.717, 1.165) is 10.5 Å². The normalized spacial score (nSPS) is 12.7. The molecular weight excluding hydrogens is 254 g/mol. The highest BCUT2D eigenvalue weighted by Crippen LogP contribution is 2.20. The van der Waals surface area contributed by atoms with Crippen LogP contribution >= 0.6 is 0 Å². The molecule has 0 radical (unpaired) electrons. The van der Waals surface area contributed by atoms with Gasteiger partial charge in [0, 0.05) is 13.5 Å². The number of ether oxygens (including phenoxy) is 1. The van der Waals surface area contributed by atoms with Gasteiger partial charge in [0.15, 0.2) is 0 Å². The van der Waals surface area contributed by atoms with Crippen LogP contribution in [0.3, 0.4) is 0 Å². The summed E-state index contributed by atoms with van der Waals surface area (Å²) < 4.78 is 5.17. The third-order valence-corrected chi connectivity index (χ3v) is 2.89. The van der Waals surface area contributed by atoms with Crippen LogP contribution in [-0.4, -0.2) is 29.5 Å². The first kappa shape index (κ1) is 16.2. The minimum Gasteiger partial charge on any atom is -0.443 e. The SMILES string of the molecule is C[C@H](CC(=O)N(C)C(=O)OC(C)(C)C)c1ccccc1. The van der Waals surface area contributed by atoms with Gasteiger partial charge in [-0.1, -0.05) is 37.3 Å². The lowest BCUT2D eigenvalue weighted by atomic mass is 9.97. The minimum atomic E-state index is -0.609. The van der Waals surface area contributed by atoms with Crippen molar-refractivity contribution >= 4 is 12.0 Å². The molecule has 0 aliphatic rings. The van der Waals surface area contributed by atoms with E-state index in [1.165, 1.54) is 7.05 Å². The Balaban J connectivity index is 2.60. The Morgan fingerprint density at radius 3 is 2.25 bits per heavy atom. The van der Waals surface area contributed by atoms with Gasteiger partial charge in [0.25, 0.3) is 0 Å². The van der Waals surface area contributed by atoms with Gasteiger partial charge in [-0.05, 0) is 32.3 Å². The van der Waals surface area contributed by atoms with Crippen LogP contribution in [0.2, 0.25) is 0 Å². The molecule has 0 fully saturated rings. The van der Waals surface area contributed by atoms with Gasteiger partial charge in [-0.3, -0.25) is 9.69 Å². The molecule has 0 saturated heterocycles. The molecule has 4 heteroatoms. The van der Waals surface area contributed by atoms with E-state index in [1.807, 2.05) is 37.3 Å². The number of rotatable bonds is 3.